The fourth-order valence-electron chi connectivity index (χ4n) is 4.25. The molecule has 2 heterocycles. The molecule has 1 unspecified atom stereocenters. The van der Waals surface area contributed by atoms with Crippen molar-refractivity contribution in [3.8, 4) is 0 Å². The number of hydrogen-bond acceptors (Lipinski definition) is 2. The van der Waals surface area contributed by atoms with E-state index in [1.54, 1.807) is 12.4 Å². The van der Waals surface area contributed by atoms with Crippen LogP contribution >= 0.6 is 0 Å². The lowest BCUT2D eigenvalue weighted by molar-refractivity contribution is -0.134. The number of carbonyl (C=O) groups is 1. The maximum atomic E-state index is 12.9. The van der Waals surface area contributed by atoms with Gasteiger partial charge in [0, 0.05) is 36.8 Å². The highest BCUT2D eigenvalue weighted by Gasteiger charge is 2.61. The lowest BCUT2D eigenvalue weighted by atomic mass is 9.94. The predicted octanol–water partition coefficient (Wildman–Crippen LogP) is 3.37. The van der Waals surface area contributed by atoms with Gasteiger partial charge in [-0.05, 0) is 48.9 Å². The van der Waals surface area contributed by atoms with Gasteiger partial charge in [0.15, 0.2) is 0 Å². The number of nitrogens with zero attached hydrogens (tertiary/aromatic N) is 2. The molecule has 2 aliphatic rings. The molecule has 1 saturated heterocycles. The van der Waals surface area contributed by atoms with Crippen molar-refractivity contribution in [1.29, 1.82) is 0 Å². The van der Waals surface area contributed by atoms with E-state index in [9.17, 15) is 4.79 Å². The second-order valence-corrected chi connectivity index (χ2v) is 7.60. The summed E-state index contributed by atoms with van der Waals surface area (Å²) in [7, 11) is 0. The molecule has 0 radical (unpaired) electrons. The van der Waals surface area contributed by atoms with Crippen LogP contribution in [0.2, 0.25) is 0 Å². The summed E-state index contributed by atoms with van der Waals surface area (Å²) < 4.78 is 0. The number of piperidine rings is 1. The van der Waals surface area contributed by atoms with Gasteiger partial charge in [-0.3, -0.25) is 9.78 Å². The Morgan fingerprint density at radius 2 is 1.96 bits per heavy atom. The van der Waals surface area contributed by atoms with Crippen molar-refractivity contribution < 1.29 is 4.79 Å². The number of aromatic nitrogens is 1. The molecule has 0 spiro atoms. The fraction of sp³-hybridized carbons (Fsp3) is 0.429. The van der Waals surface area contributed by atoms with Gasteiger partial charge in [0.25, 0.3) is 0 Å². The molecule has 1 amide bonds. The Bertz CT molecular complexity index is 740. The van der Waals surface area contributed by atoms with Crippen LogP contribution in [0.5, 0.6) is 0 Å². The van der Waals surface area contributed by atoms with Crippen LogP contribution in [0.4, 0.5) is 0 Å². The summed E-state index contributed by atoms with van der Waals surface area (Å²) in [5.74, 6) is 0.975. The van der Waals surface area contributed by atoms with E-state index < -0.39 is 0 Å². The minimum absolute atomic E-state index is 0.0277. The Hall–Kier alpha value is -2.16. The molecule has 1 aliphatic carbocycles. The summed E-state index contributed by atoms with van der Waals surface area (Å²) >= 11 is 0. The Morgan fingerprint density at radius 1 is 1.25 bits per heavy atom. The first-order chi connectivity index (χ1) is 11.6. The monoisotopic (exact) mass is 320 g/mol. The third kappa shape index (κ3) is 2.62. The molecule has 3 atom stereocenters. The number of benzene rings is 1. The number of aryl methyl sites for hydroxylation is 1. The summed E-state index contributed by atoms with van der Waals surface area (Å²) in [5.41, 5.74) is 4.13. The highest BCUT2D eigenvalue weighted by Crippen LogP contribution is 2.59. The SMILES string of the molecule is Cc1ccc([C@]23C[C@H]2CN(C(=O)C(C)Cc2ccncc2)C3)cc1. The van der Waals surface area contributed by atoms with Gasteiger partial charge >= 0.3 is 0 Å². The van der Waals surface area contributed by atoms with E-state index in [4.69, 9.17) is 0 Å². The van der Waals surface area contributed by atoms with Gasteiger partial charge in [-0.15, -0.1) is 0 Å². The van der Waals surface area contributed by atoms with Gasteiger partial charge in [-0.25, -0.2) is 0 Å². The topological polar surface area (TPSA) is 33.2 Å². The number of amides is 1. The van der Waals surface area contributed by atoms with E-state index in [1.165, 1.54) is 23.1 Å². The van der Waals surface area contributed by atoms with Crippen LogP contribution in [0.1, 0.15) is 30.0 Å². The van der Waals surface area contributed by atoms with Gasteiger partial charge in [0.2, 0.25) is 5.91 Å². The molecule has 4 rings (SSSR count). The van der Waals surface area contributed by atoms with Crippen molar-refractivity contribution in [2.45, 2.75) is 32.1 Å². The Labute approximate surface area is 143 Å². The average Bonchev–Trinajstić information content (AvgIpc) is 3.17. The molecule has 3 nitrogen and oxygen atoms in total. The standard InChI is InChI=1S/C21H24N2O/c1-15-3-5-18(6-4-15)21-12-19(21)13-23(14-21)20(24)16(2)11-17-7-9-22-10-8-17/h3-10,16,19H,11-14H2,1-2H3/t16?,19-,21+/m0/s1. The minimum Gasteiger partial charge on any atom is -0.341 e. The van der Waals surface area contributed by atoms with Crippen molar-refractivity contribution in [3.63, 3.8) is 0 Å². The van der Waals surface area contributed by atoms with E-state index in [1.807, 2.05) is 19.1 Å². The van der Waals surface area contributed by atoms with Crippen molar-refractivity contribution in [3.05, 3.63) is 65.5 Å². The number of fused-ring (bicyclic) bond motifs is 1. The highest BCUT2D eigenvalue weighted by molar-refractivity contribution is 5.79. The van der Waals surface area contributed by atoms with Crippen molar-refractivity contribution >= 4 is 5.91 Å². The van der Waals surface area contributed by atoms with E-state index in [0.717, 1.165) is 19.5 Å². The molecule has 3 heteroatoms. The van der Waals surface area contributed by atoms with Crippen LogP contribution in [-0.2, 0) is 16.6 Å². The van der Waals surface area contributed by atoms with Crippen LogP contribution in [0, 0.1) is 18.8 Å². The number of rotatable bonds is 4. The van der Waals surface area contributed by atoms with Gasteiger partial charge < -0.3 is 4.90 Å². The largest absolute Gasteiger partial charge is 0.341 e. The summed E-state index contributed by atoms with van der Waals surface area (Å²) in [6.07, 6.45) is 5.62. The first kappa shape index (κ1) is 15.4. The summed E-state index contributed by atoms with van der Waals surface area (Å²) in [4.78, 5) is 19.0. The van der Waals surface area contributed by atoms with E-state index in [-0.39, 0.29) is 11.3 Å². The maximum Gasteiger partial charge on any atom is 0.225 e. The van der Waals surface area contributed by atoms with Crippen LogP contribution < -0.4 is 0 Å². The second kappa shape index (κ2) is 5.73. The summed E-state index contributed by atoms with van der Waals surface area (Å²) in [6.45, 7) is 5.98. The molecule has 2 fully saturated rings. The molecule has 1 aliphatic heterocycles. The average molecular weight is 320 g/mol. The third-order valence-corrected chi connectivity index (χ3v) is 5.80. The third-order valence-electron chi connectivity index (χ3n) is 5.80. The van der Waals surface area contributed by atoms with Gasteiger partial charge in [-0.1, -0.05) is 36.8 Å². The number of likely N-dealkylation sites (tertiary alicyclic amines) is 1. The molecule has 24 heavy (non-hydrogen) atoms. The van der Waals surface area contributed by atoms with Crippen molar-refractivity contribution in [2.24, 2.45) is 11.8 Å². The molecule has 0 N–H and O–H groups in total. The van der Waals surface area contributed by atoms with Crippen LogP contribution in [0.25, 0.3) is 0 Å². The number of pyridine rings is 1. The molecule has 2 aromatic rings. The zero-order chi connectivity index (χ0) is 16.7. The van der Waals surface area contributed by atoms with E-state index in [0.29, 0.717) is 11.8 Å². The van der Waals surface area contributed by atoms with Gasteiger partial charge in [0.05, 0.1) is 0 Å². The minimum atomic E-state index is 0.0277. The van der Waals surface area contributed by atoms with Gasteiger partial charge in [-0.2, -0.15) is 0 Å². The van der Waals surface area contributed by atoms with E-state index >= 15 is 0 Å². The zero-order valence-electron chi connectivity index (χ0n) is 14.4. The van der Waals surface area contributed by atoms with E-state index in [2.05, 4.69) is 41.1 Å². The lowest BCUT2D eigenvalue weighted by Crippen LogP contribution is -2.37. The maximum absolute atomic E-state index is 12.9. The summed E-state index contributed by atoms with van der Waals surface area (Å²) in [6, 6.07) is 12.9. The molecule has 1 aromatic carbocycles. The van der Waals surface area contributed by atoms with Crippen LogP contribution in [0.3, 0.4) is 0 Å². The molecule has 0 bridgehead atoms. The quantitative estimate of drug-likeness (QED) is 0.865. The first-order valence-corrected chi connectivity index (χ1v) is 8.83. The molecular weight excluding hydrogens is 296 g/mol. The van der Waals surface area contributed by atoms with Crippen molar-refractivity contribution in [1.82, 2.24) is 9.88 Å². The number of carbonyl (C=O) groups excluding carboxylic acids is 1. The Morgan fingerprint density at radius 3 is 2.67 bits per heavy atom. The smallest absolute Gasteiger partial charge is 0.225 e. The molecule has 1 saturated carbocycles. The predicted molar refractivity (Wildman–Crippen MR) is 94.6 cm³/mol. The fourth-order valence-corrected chi connectivity index (χ4v) is 4.25. The molecular formula is C21H24N2O. The van der Waals surface area contributed by atoms with Crippen LogP contribution in [0.15, 0.2) is 48.8 Å². The number of hydrogen-bond donors (Lipinski definition) is 0. The van der Waals surface area contributed by atoms with Crippen molar-refractivity contribution in [2.75, 3.05) is 13.1 Å². The summed E-state index contributed by atoms with van der Waals surface area (Å²) in [5, 5.41) is 0. The highest BCUT2D eigenvalue weighted by atomic mass is 16.2. The van der Waals surface area contributed by atoms with Crippen LogP contribution in [-0.4, -0.2) is 28.9 Å². The molecule has 124 valence electrons. The van der Waals surface area contributed by atoms with Gasteiger partial charge in [0.1, 0.15) is 0 Å². The lowest BCUT2D eigenvalue weighted by Gasteiger charge is -2.24. The first-order valence-electron chi connectivity index (χ1n) is 8.83. The Balaban J connectivity index is 1.43. The molecule has 1 aromatic heterocycles. The Kier molecular flexibility index (Phi) is 3.67. The second-order valence-electron chi connectivity index (χ2n) is 7.60. The normalized spacial score (nSPS) is 26.1. The zero-order valence-corrected chi connectivity index (χ0v) is 14.4.